The molecule has 1 aliphatic heterocycles. The number of oxime groups is 1. The lowest BCUT2D eigenvalue weighted by atomic mass is 10.1. The van der Waals surface area contributed by atoms with Crippen LogP contribution in [0.15, 0.2) is 5.16 Å². The molecule has 0 saturated heterocycles. The number of nitrogens with one attached hydrogen (secondary N) is 1. The highest BCUT2D eigenvalue weighted by molar-refractivity contribution is 8.06. The van der Waals surface area contributed by atoms with E-state index in [9.17, 15) is 21.6 Å². The van der Waals surface area contributed by atoms with Crippen molar-refractivity contribution in [2.75, 3.05) is 0 Å². The Morgan fingerprint density at radius 2 is 2.04 bits per heavy atom. The van der Waals surface area contributed by atoms with Crippen LogP contribution in [0.2, 0.25) is 0 Å². The Kier molecular flexibility index (Phi) is 3.92. The second-order valence-corrected chi connectivity index (χ2v) is 7.94. The van der Waals surface area contributed by atoms with Crippen LogP contribution in [0, 0.1) is 11.3 Å². The zero-order chi connectivity index (χ0) is 17.6. The lowest BCUT2D eigenvalue weighted by molar-refractivity contribution is -0.141. The maximum absolute atomic E-state index is 13.0. The molecular formula is C12H13F3N4O3S. The number of nitrogens with zero attached hydrogens (tertiary/aromatic N) is 3. The Labute approximate surface area is 130 Å². The highest BCUT2D eigenvalue weighted by Crippen LogP contribution is 2.39. The van der Waals surface area contributed by atoms with E-state index in [4.69, 9.17) is 10.1 Å². The predicted octanol–water partition coefficient (Wildman–Crippen LogP) is 2.29. The highest BCUT2D eigenvalue weighted by atomic mass is 32.2. The zero-order valence-electron chi connectivity index (χ0n) is 12.4. The Balaban J connectivity index is 2.51. The summed E-state index contributed by atoms with van der Waals surface area (Å²) < 4.78 is 64.1. The molecule has 2 heterocycles. The summed E-state index contributed by atoms with van der Waals surface area (Å²) >= 11 is 0. The normalized spacial score (nSPS) is 18.9. The summed E-state index contributed by atoms with van der Waals surface area (Å²) in [5, 5.41) is 15.3. The molecule has 7 nitrogen and oxygen atoms in total. The molecule has 1 aliphatic rings. The first-order valence-corrected chi connectivity index (χ1v) is 7.99. The van der Waals surface area contributed by atoms with Crippen LogP contribution in [0.25, 0.3) is 0 Å². The minimum absolute atomic E-state index is 0.0687. The van der Waals surface area contributed by atoms with Gasteiger partial charge >= 0.3 is 6.18 Å². The first kappa shape index (κ1) is 17.3. The third kappa shape index (κ3) is 3.03. The maximum atomic E-state index is 13.0. The molecule has 1 atom stereocenters. The van der Waals surface area contributed by atoms with Crippen LogP contribution in [-0.2, 0) is 20.9 Å². The first-order valence-electron chi connectivity index (χ1n) is 6.44. The van der Waals surface area contributed by atoms with E-state index in [0.29, 0.717) is 0 Å². The van der Waals surface area contributed by atoms with Gasteiger partial charge in [-0.15, -0.1) is 0 Å². The number of aromatic amines is 1. The maximum Gasteiger partial charge on any atom is 0.433 e. The van der Waals surface area contributed by atoms with Crippen molar-refractivity contribution in [2.24, 2.45) is 5.16 Å². The molecule has 1 unspecified atom stereocenters. The number of hydrogen-bond acceptors (Lipinski definition) is 6. The fourth-order valence-corrected chi connectivity index (χ4v) is 3.80. The fraction of sp³-hybridized carbons (Fsp3) is 0.583. The summed E-state index contributed by atoms with van der Waals surface area (Å²) in [6.45, 7) is 4.26. The average molecular weight is 350 g/mol. The van der Waals surface area contributed by atoms with E-state index in [1.165, 1.54) is 6.07 Å². The highest BCUT2D eigenvalue weighted by Gasteiger charge is 2.45. The predicted molar refractivity (Wildman–Crippen MR) is 72.9 cm³/mol. The molecule has 11 heteroatoms. The third-order valence-electron chi connectivity index (χ3n) is 3.37. The molecule has 0 amide bonds. The van der Waals surface area contributed by atoms with Gasteiger partial charge in [0.15, 0.2) is 10.7 Å². The van der Waals surface area contributed by atoms with E-state index in [1.807, 2.05) is 0 Å². The van der Waals surface area contributed by atoms with Crippen molar-refractivity contribution in [1.82, 2.24) is 10.2 Å². The molecule has 23 heavy (non-hydrogen) atoms. The van der Waals surface area contributed by atoms with Crippen LogP contribution >= 0.6 is 0 Å². The van der Waals surface area contributed by atoms with Crippen molar-refractivity contribution in [3.8, 4) is 6.07 Å². The van der Waals surface area contributed by atoms with Crippen molar-refractivity contribution in [2.45, 2.75) is 44.2 Å². The van der Waals surface area contributed by atoms with E-state index in [1.54, 1.807) is 18.9 Å². The summed E-state index contributed by atoms with van der Waals surface area (Å²) in [6.07, 6.45) is -4.94. The lowest BCUT2D eigenvalue weighted by Crippen LogP contribution is -2.26. The Bertz CT molecular complexity index is 802. The number of H-pyrrole nitrogens is 1. The number of nitriles is 1. The van der Waals surface area contributed by atoms with Gasteiger partial charge in [0.05, 0.1) is 5.25 Å². The summed E-state index contributed by atoms with van der Waals surface area (Å²) in [7, 11) is -4.23. The number of alkyl halides is 3. The van der Waals surface area contributed by atoms with Crippen LogP contribution in [0.3, 0.4) is 0 Å². The summed E-state index contributed by atoms with van der Waals surface area (Å²) in [5.41, 5.74) is -3.55. The molecular weight excluding hydrogens is 337 g/mol. The van der Waals surface area contributed by atoms with E-state index in [-0.39, 0.29) is 11.5 Å². The smallest absolute Gasteiger partial charge is 0.389 e. The molecule has 1 aromatic heterocycles. The van der Waals surface area contributed by atoms with Crippen molar-refractivity contribution in [3.05, 3.63) is 17.0 Å². The van der Waals surface area contributed by atoms with Gasteiger partial charge in [-0.1, -0.05) is 5.16 Å². The lowest BCUT2D eigenvalue weighted by Gasteiger charge is -2.16. The van der Waals surface area contributed by atoms with E-state index >= 15 is 0 Å². The van der Waals surface area contributed by atoms with Gasteiger partial charge in [0.1, 0.15) is 17.4 Å². The van der Waals surface area contributed by atoms with Crippen LogP contribution < -0.4 is 0 Å². The monoisotopic (exact) mass is 350 g/mol. The molecule has 0 radical (unpaired) electrons. The van der Waals surface area contributed by atoms with E-state index in [0.717, 1.165) is 6.92 Å². The minimum atomic E-state index is -4.87. The SMILES string of the molecule is CC(c1c(C#N)n[nH]c1C(F)(F)F)S(=O)(=O)C1=NOC(C)(C)C1. The van der Waals surface area contributed by atoms with Crippen molar-refractivity contribution in [1.29, 1.82) is 5.26 Å². The Morgan fingerprint density at radius 3 is 2.48 bits per heavy atom. The van der Waals surface area contributed by atoms with Gasteiger partial charge in [-0.2, -0.15) is 23.5 Å². The molecule has 0 fully saturated rings. The zero-order valence-corrected chi connectivity index (χ0v) is 13.2. The molecule has 0 saturated carbocycles. The first-order chi connectivity index (χ1) is 10.4. The summed E-state index contributed by atoms with van der Waals surface area (Å²) in [5.74, 6) is 0. The second kappa shape index (κ2) is 5.23. The van der Waals surface area contributed by atoms with Crippen molar-refractivity contribution < 1.29 is 26.4 Å². The molecule has 0 bridgehead atoms. The number of hydrogen-bond donors (Lipinski definition) is 1. The van der Waals surface area contributed by atoms with E-state index < -0.39 is 43.8 Å². The molecule has 0 spiro atoms. The van der Waals surface area contributed by atoms with Crippen LogP contribution in [0.4, 0.5) is 13.2 Å². The molecule has 126 valence electrons. The Hall–Kier alpha value is -2.09. The molecule has 1 N–H and O–H groups in total. The van der Waals surface area contributed by atoms with Crippen LogP contribution in [0.5, 0.6) is 0 Å². The van der Waals surface area contributed by atoms with Gasteiger partial charge in [0.25, 0.3) is 0 Å². The largest absolute Gasteiger partial charge is 0.433 e. The van der Waals surface area contributed by atoms with Gasteiger partial charge < -0.3 is 4.84 Å². The second-order valence-electron chi connectivity index (χ2n) is 5.67. The number of aromatic nitrogens is 2. The molecule has 1 aromatic rings. The van der Waals surface area contributed by atoms with Gasteiger partial charge in [-0.05, 0) is 20.8 Å². The Morgan fingerprint density at radius 1 is 1.43 bits per heavy atom. The minimum Gasteiger partial charge on any atom is -0.389 e. The van der Waals surface area contributed by atoms with Crippen LogP contribution in [0.1, 0.15) is 49.4 Å². The van der Waals surface area contributed by atoms with Crippen molar-refractivity contribution >= 4 is 14.9 Å². The van der Waals surface area contributed by atoms with E-state index in [2.05, 4.69) is 10.3 Å². The number of sulfone groups is 1. The molecule has 2 rings (SSSR count). The molecule has 0 aliphatic carbocycles. The quantitative estimate of drug-likeness (QED) is 0.880. The van der Waals surface area contributed by atoms with Gasteiger partial charge in [-0.3, -0.25) is 5.10 Å². The topological polar surface area (TPSA) is 108 Å². The summed E-state index contributed by atoms with van der Waals surface area (Å²) in [4.78, 5) is 4.96. The van der Waals surface area contributed by atoms with Crippen molar-refractivity contribution in [3.63, 3.8) is 0 Å². The van der Waals surface area contributed by atoms with Crippen LogP contribution in [-0.4, -0.2) is 29.3 Å². The summed E-state index contributed by atoms with van der Waals surface area (Å²) in [6, 6.07) is 1.47. The fourth-order valence-electron chi connectivity index (χ4n) is 2.16. The molecule has 0 aromatic carbocycles. The van der Waals surface area contributed by atoms with Gasteiger partial charge in [0, 0.05) is 12.0 Å². The average Bonchev–Trinajstić information content (AvgIpc) is 3.00. The van der Waals surface area contributed by atoms with Gasteiger partial charge in [0.2, 0.25) is 9.84 Å². The van der Waals surface area contributed by atoms with Gasteiger partial charge in [-0.25, -0.2) is 8.42 Å². The number of halogens is 3. The standard InChI is InChI=1S/C12H13F3N4O3S/c1-6(23(20,21)8-4-11(2,3)22-19-8)9-7(5-16)17-18-10(9)12(13,14)15/h6H,4H2,1-3H3,(H,17,18). The third-order valence-corrected chi connectivity index (χ3v) is 5.41. The number of rotatable bonds is 2.